The summed E-state index contributed by atoms with van der Waals surface area (Å²) in [7, 11) is -3.74. The normalized spacial score (nSPS) is 20.1. The van der Waals surface area contributed by atoms with Crippen molar-refractivity contribution in [3.63, 3.8) is 0 Å². The largest absolute Gasteiger partial charge is 0.326 e. The molecule has 31 heavy (non-hydrogen) atoms. The number of hydrogen-bond acceptors (Lipinski definition) is 5. The van der Waals surface area contributed by atoms with Gasteiger partial charge in [-0.25, -0.2) is 12.8 Å². The highest BCUT2D eigenvalue weighted by molar-refractivity contribution is 8.01. The van der Waals surface area contributed by atoms with Crippen LogP contribution in [0, 0.1) is 11.7 Å². The van der Waals surface area contributed by atoms with Gasteiger partial charge in [-0.1, -0.05) is 0 Å². The molecule has 1 atom stereocenters. The number of hydrogen-bond donors (Lipinski definition) is 2. The average Bonchev–Trinajstić information content (AvgIpc) is 2.76. The summed E-state index contributed by atoms with van der Waals surface area (Å²) in [5.74, 6) is -1.06. The number of nitrogens with zero attached hydrogens (tertiary/aromatic N) is 1. The van der Waals surface area contributed by atoms with E-state index in [-0.39, 0.29) is 46.8 Å². The third kappa shape index (κ3) is 4.60. The molecule has 2 N–H and O–H groups in total. The SMILES string of the molecule is C[C@@H]1Sc2ccc(S(=O)(=O)N3CCC(C(=O)Nc4ccc(F)cc4)CC3)cc2NC1=O. The highest BCUT2D eigenvalue weighted by atomic mass is 32.2. The van der Waals surface area contributed by atoms with E-state index >= 15 is 0 Å². The van der Waals surface area contributed by atoms with Gasteiger partial charge in [0.2, 0.25) is 21.8 Å². The molecule has 0 aromatic heterocycles. The minimum atomic E-state index is -3.74. The van der Waals surface area contributed by atoms with Crippen LogP contribution in [0.3, 0.4) is 0 Å². The molecular formula is C21H22FN3O4S2. The van der Waals surface area contributed by atoms with E-state index in [1.165, 1.54) is 46.4 Å². The Bertz CT molecular complexity index is 1110. The average molecular weight is 464 g/mol. The van der Waals surface area contributed by atoms with Crippen molar-refractivity contribution >= 4 is 45.0 Å². The molecule has 1 fully saturated rings. The number of carbonyl (C=O) groups is 2. The molecule has 7 nitrogen and oxygen atoms in total. The Labute approximate surface area is 184 Å². The zero-order chi connectivity index (χ0) is 22.2. The summed E-state index contributed by atoms with van der Waals surface area (Å²) in [6.45, 7) is 2.24. The molecule has 4 rings (SSSR count). The number of piperidine rings is 1. The number of carbonyl (C=O) groups excluding carboxylic acids is 2. The van der Waals surface area contributed by atoms with Crippen molar-refractivity contribution in [1.29, 1.82) is 0 Å². The number of thioether (sulfide) groups is 1. The van der Waals surface area contributed by atoms with E-state index in [0.717, 1.165) is 4.90 Å². The van der Waals surface area contributed by atoms with Crippen LogP contribution < -0.4 is 10.6 Å². The van der Waals surface area contributed by atoms with Crippen molar-refractivity contribution in [1.82, 2.24) is 4.31 Å². The summed E-state index contributed by atoms with van der Waals surface area (Å²) >= 11 is 1.39. The Balaban J connectivity index is 1.41. The van der Waals surface area contributed by atoms with Gasteiger partial charge < -0.3 is 10.6 Å². The van der Waals surface area contributed by atoms with Crippen LogP contribution in [0.5, 0.6) is 0 Å². The lowest BCUT2D eigenvalue weighted by atomic mass is 9.97. The number of rotatable bonds is 4. The second kappa shape index (κ2) is 8.60. The van der Waals surface area contributed by atoms with Gasteiger partial charge in [-0.05, 0) is 62.2 Å². The van der Waals surface area contributed by atoms with Crippen LogP contribution in [0.15, 0.2) is 52.3 Å². The quantitative estimate of drug-likeness (QED) is 0.726. The molecule has 10 heteroatoms. The Morgan fingerprint density at radius 1 is 1.16 bits per heavy atom. The van der Waals surface area contributed by atoms with Crippen molar-refractivity contribution in [3.8, 4) is 0 Å². The zero-order valence-corrected chi connectivity index (χ0v) is 18.4. The predicted octanol–water partition coefficient (Wildman–Crippen LogP) is 3.30. The van der Waals surface area contributed by atoms with E-state index in [2.05, 4.69) is 10.6 Å². The van der Waals surface area contributed by atoms with Gasteiger partial charge in [0, 0.05) is 29.6 Å². The number of anilines is 2. The maximum atomic E-state index is 13.1. The Morgan fingerprint density at radius 2 is 1.84 bits per heavy atom. The van der Waals surface area contributed by atoms with E-state index in [4.69, 9.17) is 0 Å². The standard InChI is InChI=1S/C21H22FN3O4S2/c1-13-20(26)24-18-12-17(6-7-19(18)30-13)31(28,29)25-10-8-14(9-11-25)21(27)23-16-4-2-15(22)3-5-16/h2-7,12-14H,8-11H2,1H3,(H,23,27)(H,24,26)/t13-/m0/s1. The number of nitrogens with one attached hydrogen (secondary N) is 2. The lowest BCUT2D eigenvalue weighted by molar-refractivity contribution is -0.121. The Hall–Kier alpha value is -2.43. The van der Waals surface area contributed by atoms with Crippen molar-refractivity contribution in [2.24, 2.45) is 5.92 Å². The molecule has 0 unspecified atom stereocenters. The molecule has 2 aromatic rings. The fourth-order valence-corrected chi connectivity index (χ4v) is 6.06. The zero-order valence-electron chi connectivity index (χ0n) is 16.8. The first-order chi connectivity index (χ1) is 14.7. The van der Waals surface area contributed by atoms with Gasteiger partial charge in [0.15, 0.2) is 0 Å². The summed E-state index contributed by atoms with van der Waals surface area (Å²) in [4.78, 5) is 25.4. The molecule has 0 saturated carbocycles. The molecule has 0 bridgehead atoms. The lowest BCUT2D eigenvalue weighted by Crippen LogP contribution is -2.41. The number of sulfonamides is 1. The van der Waals surface area contributed by atoms with E-state index in [0.29, 0.717) is 24.2 Å². The number of halogens is 1. The van der Waals surface area contributed by atoms with Crippen molar-refractivity contribution in [2.45, 2.75) is 34.8 Å². The van der Waals surface area contributed by atoms with Gasteiger partial charge in [-0.15, -0.1) is 11.8 Å². The maximum absolute atomic E-state index is 13.1. The Kier molecular flexibility index (Phi) is 6.05. The first-order valence-corrected chi connectivity index (χ1v) is 12.2. The monoisotopic (exact) mass is 463 g/mol. The van der Waals surface area contributed by atoms with Gasteiger partial charge in [0.25, 0.3) is 0 Å². The van der Waals surface area contributed by atoms with Crippen LogP contribution in [0.4, 0.5) is 15.8 Å². The fourth-order valence-electron chi connectivity index (χ4n) is 3.63. The van der Waals surface area contributed by atoms with Crippen LogP contribution in [-0.4, -0.2) is 42.9 Å². The number of fused-ring (bicyclic) bond motifs is 1. The van der Waals surface area contributed by atoms with E-state index in [1.54, 1.807) is 19.1 Å². The molecule has 2 aromatic carbocycles. The summed E-state index contributed by atoms with van der Waals surface area (Å²) < 4.78 is 40.6. The molecule has 2 amide bonds. The van der Waals surface area contributed by atoms with Crippen LogP contribution in [-0.2, 0) is 19.6 Å². The molecule has 1 saturated heterocycles. The predicted molar refractivity (Wildman–Crippen MR) is 117 cm³/mol. The first-order valence-electron chi connectivity index (χ1n) is 9.92. The van der Waals surface area contributed by atoms with E-state index in [1.807, 2.05) is 0 Å². The number of amides is 2. The van der Waals surface area contributed by atoms with Crippen LogP contribution in [0.25, 0.3) is 0 Å². The van der Waals surface area contributed by atoms with Crippen molar-refractivity contribution < 1.29 is 22.4 Å². The molecule has 2 aliphatic heterocycles. The lowest BCUT2D eigenvalue weighted by Gasteiger charge is -2.31. The smallest absolute Gasteiger partial charge is 0.243 e. The first kappa shape index (κ1) is 21.8. The van der Waals surface area contributed by atoms with E-state index in [9.17, 15) is 22.4 Å². The second-order valence-corrected chi connectivity index (χ2v) is 10.9. The van der Waals surface area contributed by atoms with Gasteiger partial charge in [-0.3, -0.25) is 9.59 Å². The molecule has 0 radical (unpaired) electrons. The molecule has 0 aliphatic carbocycles. The van der Waals surface area contributed by atoms with Crippen LogP contribution in [0.1, 0.15) is 19.8 Å². The summed E-state index contributed by atoms with van der Waals surface area (Å²) in [5, 5.41) is 5.28. The van der Waals surface area contributed by atoms with E-state index < -0.39 is 10.0 Å². The summed E-state index contributed by atoms with van der Waals surface area (Å²) in [6.07, 6.45) is 0.780. The third-order valence-corrected chi connectivity index (χ3v) is 8.53. The second-order valence-electron chi connectivity index (χ2n) is 7.58. The van der Waals surface area contributed by atoms with Gasteiger partial charge in [-0.2, -0.15) is 4.31 Å². The molecule has 0 spiro atoms. The fraction of sp³-hybridized carbons (Fsp3) is 0.333. The highest BCUT2D eigenvalue weighted by Crippen LogP contribution is 2.37. The van der Waals surface area contributed by atoms with Crippen molar-refractivity contribution in [3.05, 3.63) is 48.3 Å². The summed E-state index contributed by atoms with van der Waals surface area (Å²) in [5.41, 5.74) is 1.01. The van der Waals surface area contributed by atoms with Gasteiger partial charge in [0.1, 0.15) is 5.82 Å². The van der Waals surface area contributed by atoms with Crippen LogP contribution >= 0.6 is 11.8 Å². The highest BCUT2D eigenvalue weighted by Gasteiger charge is 2.33. The van der Waals surface area contributed by atoms with Crippen LogP contribution in [0.2, 0.25) is 0 Å². The molecular weight excluding hydrogens is 441 g/mol. The molecule has 2 aliphatic rings. The summed E-state index contributed by atoms with van der Waals surface area (Å²) in [6, 6.07) is 10.3. The molecule has 164 valence electrons. The van der Waals surface area contributed by atoms with Gasteiger partial charge in [0.05, 0.1) is 15.8 Å². The number of benzene rings is 2. The minimum Gasteiger partial charge on any atom is -0.326 e. The Morgan fingerprint density at radius 3 is 2.52 bits per heavy atom. The minimum absolute atomic E-state index is 0.121. The van der Waals surface area contributed by atoms with Gasteiger partial charge >= 0.3 is 0 Å². The maximum Gasteiger partial charge on any atom is 0.243 e. The van der Waals surface area contributed by atoms with Crippen molar-refractivity contribution in [2.75, 3.05) is 23.7 Å². The molecule has 2 heterocycles. The topological polar surface area (TPSA) is 95.6 Å². The third-order valence-electron chi connectivity index (χ3n) is 5.46.